The van der Waals surface area contributed by atoms with Gasteiger partial charge in [-0.05, 0) is 26.7 Å². The van der Waals surface area contributed by atoms with Crippen LogP contribution >= 0.6 is 0 Å². The van der Waals surface area contributed by atoms with Crippen LogP contribution in [0.4, 0.5) is 4.79 Å². The number of nitrogens with zero attached hydrogens (tertiary/aromatic N) is 1. The Morgan fingerprint density at radius 3 is 2.44 bits per heavy atom. The third kappa shape index (κ3) is 6.34. The topological polar surface area (TPSA) is 29.5 Å². The smallest absolute Gasteiger partial charge is 0.411 e. The first-order valence-corrected chi connectivity index (χ1v) is 5.71. The Labute approximate surface area is 99.2 Å². The number of hydrogen-bond acceptors (Lipinski definition) is 2. The summed E-state index contributed by atoms with van der Waals surface area (Å²) < 4.78 is 5.29. The number of carbonyl (C=O) groups is 1. The van der Waals surface area contributed by atoms with E-state index in [0.29, 0.717) is 19.0 Å². The fraction of sp³-hybridized carbons (Fsp3) is 0.769. The largest absolute Gasteiger partial charge is 0.444 e. The van der Waals surface area contributed by atoms with Gasteiger partial charge >= 0.3 is 6.09 Å². The monoisotopic (exact) mass is 225 g/mol. The van der Waals surface area contributed by atoms with Gasteiger partial charge in [0, 0.05) is 6.54 Å². The van der Waals surface area contributed by atoms with E-state index in [2.05, 4.69) is 19.8 Å². The van der Waals surface area contributed by atoms with Crippen LogP contribution in [0.2, 0.25) is 0 Å². The Balaban J connectivity index is 4.42. The third-order valence-electron chi connectivity index (χ3n) is 2.16. The van der Waals surface area contributed by atoms with E-state index >= 15 is 0 Å². The maximum atomic E-state index is 11.8. The lowest BCUT2D eigenvalue weighted by Crippen LogP contribution is -2.39. The Morgan fingerprint density at radius 2 is 2.06 bits per heavy atom. The molecule has 0 radical (unpaired) electrons. The van der Waals surface area contributed by atoms with E-state index in [4.69, 9.17) is 11.2 Å². The standard InChI is InChI=1S/C13H23NO2/c1-7-9-14(10-11(3)8-2)12(15)16-13(4,5)6/h1,11H,8-10H2,2-6H3. The van der Waals surface area contributed by atoms with Gasteiger partial charge < -0.3 is 4.74 Å². The summed E-state index contributed by atoms with van der Waals surface area (Å²) in [6, 6.07) is 0. The minimum Gasteiger partial charge on any atom is -0.444 e. The number of rotatable bonds is 4. The summed E-state index contributed by atoms with van der Waals surface area (Å²) in [7, 11) is 0. The molecular formula is C13H23NO2. The van der Waals surface area contributed by atoms with Crippen molar-refractivity contribution in [3.63, 3.8) is 0 Å². The lowest BCUT2D eigenvalue weighted by Gasteiger charge is -2.27. The molecule has 92 valence electrons. The summed E-state index contributed by atoms with van der Waals surface area (Å²) >= 11 is 0. The first kappa shape index (κ1) is 14.8. The zero-order valence-electron chi connectivity index (χ0n) is 11.0. The molecule has 0 saturated heterocycles. The fourth-order valence-electron chi connectivity index (χ4n) is 1.15. The molecule has 0 aliphatic rings. The Hall–Kier alpha value is -1.17. The molecule has 1 unspecified atom stereocenters. The van der Waals surface area contributed by atoms with E-state index < -0.39 is 5.60 Å². The van der Waals surface area contributed by atoms with E-state index in [0.717, 1.165) is 6.42 Å². The maximum Gasteiger partial charge on any atom is 0.411 e. The van der Waals surface area contributed by atoms with Crippen LogP contribution in [0.25, 0.3) is 0 Å². The second kappa shape index (κ2) is 6.42. The summed E-state index contributed by atoms with van der Waals surface area (Å²) in [5.41, 5.74) is -0.473. The molecule has 1 amide bonds. The minimum absolute atomic E-state index is 0.305. The van der Waals surface area contributed by atoms with E-state index in [-0.39, 0.29) is 6.09 Å². The molecule has 0 spiro atoms. The van der Waals surface area contributed by atoms with Crippen molar-refractivity contribution >= 4 is 6.09 Å². The van der Waals surface area contributed by atoms with Gasteiger partial charge in [-0.25, -0.2) is 4.79 Å². The van der Waals surface area contributed by atoms with E-state index in [1.807, 2.05) is 20.8 Å². The Kier molecular flexibility index (Phi) is 5.95. The zero-order valence-corrected chi connectivity index (χ0v) is 11.0. The first-order valence-electron chi connectivity index (χ1n) is 5.71. The molecule has 0 bridgehead atoms. The van der Waals surface area contributed by atoms with Crippen molar-refractivity contribution in [3.05, 3.63) is 0 Å². The average Bonchev–Trinajstić information content (AvgIpc) is 2.14. The molecule has 0 heterocycles. The van der Waals surface area contributed by atoms with Crippen molar-refractivity contribution in [1.82, 2.24) is 4.90 Å². The van der Waals surface area contributed by atoms with Crippen LogP contribution in [0, 0.1) is 18.3 Å². The Bertz CT molecular complexity index is 260. The van der Waals surface area contributed by atoms with Crippen LogP contribution in [0.3, 0.4) is 0 Å². The molecule has 0 N–H and O–H groups in total. The number of terminal acetylenes is 1. The fourth-order valence-corrected chi connectivity index (χ4v) is 1.15. The molecule has 1 atom stereocenters. The summed E-state index contributed by atoms with van der Waals surface area (Å²) in [6.45, 7) is 10.7. The summed E-state index contributed by atoms with van der Waals surface area (Å²) in [4.78, 5) is 13.4. The second-order valence-electron chi connectivity index (χ2n) is 5.08. The van der Waals surface area contributed by atoms with Crippen LogP contribution in [0.1, 0.15) is 41.0 Å². The number of ether oxygens (including phenoxy) is 1. The van der Waals surface area contributed by atoms with Crippen LogP contribution in [-0.4, -0.2) is 29.7 Å². The molecule has 0 aromatic heterocycles. The molecule has 0 rings (SSSR count). The van der Waals surface area contributed by atoms with Crippen LogP contribution in [0.15, 0.2) is 0 Å². The van der Waals surface area contributed by atoms with Crippen molar-refractivity contribution in [3.8, 4) is 12.3 Å². The van der Waals surface area contributed by atoms with Crippen molar-refractivity contribution < 1.29 is 9.53 Å². The van der Waals surface area contributed by atoms with E-state index in [1.54, 1.807) is 4.90 Å². The molecule has 0 saturated carbocycles. The highest BCUT2D eigenvalue weighted by Gasteiger charge is 2.22. The lowest BCUT2D eigenvalue weighted by atomic mass is 10.1. The van der Waals surface area contributed by atoms with Crippen LogP contribution < -0.4 is 0 Å². The highest BCUT2D eigenvalue weighted by Crippen LogP contribution is 2.12. The molecule has 0 aliphatic carbocycles. The van der Waals surface area contributed by atoms with Crippen molar-refractivity contribution in [2.45, 2.75) is 46.6 Å². The quantitative estimate of drug-likeness (QED) is 0.688. The molecule has 3 nitrogen and oxygen atoms in total. The molecule has 0 fully saturated rings. The summed E-state index contributed by atoms with van der Waals surface area (Å²) in [5.74, 6) is 2.92. The highest BCUT2D eigenvalue weighted by molar-refractivity contribution is 5.68. The average molecular weight is 225 g/mol. The van der Waals surface area contributed by atoms with Crippen molar-refractivity contribution in [2.75, 3.05) is 13.1 Å². The van der Waals surface area contributed by atoms with Crippen molar-refractivity contribution in [2.24, 2.45) is 5.92 Å². The van der Waals surface area contributed by atoms with Crippen molar-refractivity contribution in [1.29, 1.82) is 0 Å². The number of carbonyl (C=O) groups excluding carboxylic acids is 1. The summed E-state index contributed by atoms with van der Waals surface area (Å²) in [6.07, 6.45) is 5.94. The van der Waals surface area contributed by atoms with Crippen LogP contribution in [-0.2, 0) is 4.74 Å². The van der Waals surface area contributed by atoms with Gasteiger partial charge in [0.1, 0.15) is 5.60 Å². The normalized spacial score (nSPS) is 12.8. The third-order valence-corrected chi connectivity index (χ3v) is 2.16. The van der Waals surface area contributed by atoms with Gasteiger partial charge in [-0.2, -0.15) is 0 Å². The number of amides is 1. The predicted octanol–water partition coefficient (Wildman–Crippen LogP) is 2.90. The molecule has 0 aromatic carbocycles. The Morgan fingerprint density at radius 1 is 1.50 bits per heavy atom. The lowest BCUT2D eigenvalue weighted by molar-refractivity contribution is 0.0251. The van der Waals surface area contributed by atoms with Gasteiger partial charge in [-0.3, -0.25) is 4.90 Å². The number of hydrogen-bond donors (Lipinski definition) is 0. The zero-order chi connectivity index (χ0) is 12.8. The van der Waals surface area contributed by atoms with Gasteiger partial charge in [0.2, 0.25) is 0 Å². The molecule has 3 heteroatoms. The van der Waals surface area contributed by atoms with E-state index in [9.17, 15) is 4.79 Å². The second-order valence-corrected chi connectivity index (χ2v) is 5.08. The van der Waals surface area contributed by atoms with Gasteiger partial charge in [-0.15, -0.1) is 6.42 Å². The van der Waals surface area contributed by atoms with Gasteiger partial charge in [0.15, 0.2) is 0 Å². The SMILES string of the molecule is C#CCN(CC(C)CC)C(=O)OC(C)(C)C. The van der Waals surface area contributed by atoms with Gasteiger partial charge in [0.05, 0.1) is 6.54 Å². The molecule has 16 heavy (non-hydrogen) atoms. The molecule has 0 aromatic rings. The van der Waals surface area contributed by atoms with Gasteiger partial charge in [-0.1, -0.05) is 26.2 Å². The predicted molar refractivity (Wildman–Crippen MR) is 66.1 cm³/mol. The summed E-state index contributed by atoms with van der Waals surface area (Å²) in [5, 5.41) is 0. The highest BCUT2D eigenvalue weighted by atomic mass is 16.6. The minimum atomic E-state index is -0.473. The molecular weight excluding hydrogens is 202 g/mol. The van der Waals surface area contributed by atoms with E-state index in [1.165, 1.54) is 0 Å². The van der Waals surface area contributed by atoms with Gasteiger partial charge in [0.25, 0.3) is 0 Å². The maximum absolute atomic E-state index is 11.8. The first-order chi connectivity index (χ1) is 7.30. The van der Waals surface area contributed by atoms with Crippen LogP contribution in [0.5, 0.6) is 0 Å². The molecule has 0 aliphatic heterocycles.